The second kappa shape index (κ2) is 5.21. The van der Waals surface area contributed by atoms with Crippen LogP contribution >= 0.6 is 0 Å². The van der Waals surface area contributed by atoms with Crippen LogP contribution in [-0.4, -0.2) is 4.92 Å². The number of hydrogen-bond acceptors (Lipinski definition) is 3. The van der Waals surface area contributed by atoms with E-state index in [0.717, 1.165) is 24.0 Å². The average Bonchev–Trinajstić information content (AvgIpc) is 2.39. The van der Waals surface area contributed by atoms with Crippen LogP contribution in [0.1, 0.15) is 37.7 Å². The monoisotopic (exact) mass is 246 g/mol. The minimum atomic E-state index is -0.392. The van der Waals surface area contributed by atoms with Gasteiger partial charge in [0.25, 0.3) is 5.69 Å². The third-order valence-corrected chi connectivity index (χ3v) is 3.69. The molecule has 4 heteroatoms. The van der Waals surface area contributed by atoms with Crippen molar-refractivity contribution in [3.05, 3.63) is 40.5 Å². The van der Waals surface area contributed by atoms with E-state index in [4.69, 9.17) is 5.73 Å². The molecule has 0 aromatic heterocycles. The first-order chi connectivity index (χ1) is 8.59. The van der Waals surface area contributed by atoms with Crippen LogP contribution in [0.4, 0.5) is 11.4 Å². The zero-order valence-corrected chi connectivity index (χ0v) is 10.4. The van der Waals surface area contributed by atoms with Gasteiger partial charge in [-0.15, -0.1) is 0 Å². The van der Waals surface area contributed by atoms with Crippen LogP contribution in [0.5, 0.6) is 0 Å². The van der Waals surface area contributed by atoms with Gasteiger partial charge in [0.15, 0.2) is 0 Å². The highest BCUT2D eigenvalue weighted by Gasteiger charge is 2.20. The molecule has 1 saturated carbocycles. The topological polar surface area (TPSA) is 69.2 Å². The molecule has 0 radical (unpaired) electrons. The average molecular weight is 246 g/mol. The van der Waals surface area contributed by atoms with Crippen LogP contribution < -0.4 is 5.73 Å². The highest BCUT2D eigenvalue weighted by atomic mass is 16.6. The summed E-state index contributed by atoms with van der Waals surface area (Å²) in [6.07, 6.45) is 5.91. The van der Waals surface area contributed by atoms with Crippen LogP contribution in [0, 0.1) is 16.0 Å². The van der Waals surface area contributed by atoms with Crippen molar-refractivity contribution in [3.8, 4) is 0 Å². The summed E-state index contributed by atoms with van der Waals surface area (Å²) in [7, 11) is 0. The first kappa shape index (κ1) is 12.6. The maximum absolute atomic E-state index is 10.8. The van der Waals surface area contributed by atoms with Crippen molar-refractivity contribution in [2.24, 2.45) is 5.92 Å². The number of rotatable bonds is 3. The zero-order chi connectivity index (χ0) is 13.1. The predicted molar refractivity (Wildman–Crippen MR) is 73.1 cm³/mol. The van der Waals surface area contributed by atoms with E-state index in [0.29, 0.717) is 11.6 Å². The number of benzene rings is 1. The minimum absolute atomic E-state index is 0.0798. The number of nitro benzene ring substituents is 1. The normalized spacial score (nSPS) is 16.4. The van der Waals surface area contributed by atoms with Gasteiger partial charge >= 0.3 is 0 Å². The lowest BCUT2D eigenvalue weighted by Gasteiger charge is -2.24. The number of nitrogen functional groups attached to an aromatic ring is 1. The molecule has 1 aliphatic rings. The fraction of sp³-hybridized carbons (Fsp3) is 0.429. The van der Waals surface area contributed by atoms with Crippen LogP contribution in [0.15, 0.2) is 24.8 Å². The fourth-order valence-electron chi connectivity index (χ4n) is 2.61. The standard InChI is InChI=1S/C14H18N2O2/c1-10(11-5-3-2-4-6-11)13-9-12(16(17)18)7-8-14(13)15/h7-9,11H,1-6,15H2. The van der Waals surface area contributed by atoms with Crippen molar-refractivity contribution in [1.29, 1.82) is 0 Å². The van der Waals surface area contributed by atoms with E-state index >= 15 is 0 Å². The van der Waals surface area contributed by atoms with E-state index in [2.05, 4.69) is 6.58 Å². The molecular formula is C14H18N2O2. The molecule has 0 unspecified atom stereocenters. The molecule has 1 fully saturated rings. The molecule has 0 bridgehead atoms. The summed E-state index contributed by atoms with van der Waals surface area (Å²) in [6, 6.07) is 4.58. The molecular weight excluding hydrogens is 228 g/mol. The second-order valence-corrected chi connectivity index (χ2v) is 4.89. The molecule has 0 atom stereocenters. The van der Waals surface area contributed by atoms with Gasteiger partial charge < -0.3 is 5.73 Å². The molecule has 1 aromatic carbocycles. The van der Waals surface area contributed by atoms with Crippen molar-refractivity contribution in [3.63, 3.8) is 0 Å². The van der Waals surface area contributed by atoms with Gasteiger partial charge in [0.1, 0.15) is 0 Å². The first-order valence-electron chi connectivity index (χ1n) is 6.32. The Labute approximate surface area is 107 Å². The number of anilines is 1. The summed E-state index contributed by atoms with van der Waals surface area (Å²) >= 11 is 0. The smallest absolute Gasteiger partial charge is 0.270 e. The lowest BCUT2D eigenvalue weighted by molar-refractivity contribution is -0.384. The Morgan fingerprint density at radius 3 is 2.61 bits per heavy atom. The van der Waals surface area contributed by atoms with Gasteiger partial charge in [0.05, 0.1) is 4.92 Å². The largest absolute Gasteiger partial charge is 0.398 e. The fourth-order valence-corrected chi connectivity index (χ4v) is 2.61. The van der Waals surface area contributed by atoms with Crippen LogP contribution in [-0.2, 0) is 0 Å². The third kappa shape index (κ3) is 2.53. The molecule has 96 valence electrons. The lowest BCUT2D eigenvalue weighted by atomic mass is 9.81. The Hall–Kier alpha value is -1.84. The van der Waals surface area contributed by atoms with E-state index in [1.807, 2.05) is 0 Å². The van der Waals surface area contributed by atoms with Crippen LogP contribution in [0.3, 0.4) is 0 Å². The number of hydrogen-bond donors (Lipinski definition) is 1. The van der Waals surface area contributed by atoms with E-state index in [9.17, 15) is 10.1 Å². The predicted octanol–water partition coefficient (Wildman–Crippen LogP) is 3.77. The molecule has 2 N–H and O–H groups in total. The highest BCUT2D eigenvalue weighted by molar-refractivity contribution is 5.76. The van der Waals surface area contributed by atoms with E-state index in [1.165, 1.54) is 25.3 Å². The van der Waals surface area contributed by atoms with Gasteiger partial charge in [-0.1, -0.05) is 25.8 Å². The van der Waals surface area contributed by atoms with Crippen molar-refractivity contribution in [2.75, 3.05) is 5.73 Å². The number of nitro groups is 1. The first-order valence-corrected chi connectivity index (χ1v) is 6.32. The van der Waals surface area contributed by atoms with Gasteiger partial charge in [-0.05, 0) is 30.4 Å². The van der Waals surface area contributed by atoms with Crippen LogP contribution in [0.25, 0.3) is 5.57 Å². The molecule has 0 heterocycles. The van der Waals surface area contributed by atoms with Crippen LogP contribution in [0.2, 0.25) is 0 Å². The number of allylic oxidation sites excluding steroid dienone is 1. The number of nitrogens with two attached hydrogens (primary N) is 1. The summed E-state index contributed by atoms with van der Waals surface area (Å²) in [5.74, 6) is 0.419. The molecule has 1 aromatic rings. The zero-order valence-electron chi connectivity index (χ0n) is 10.4. The third-order valence-electron chi connectivity index (χ3n) is 3.69. The Morgan fingerprint density at radius 1 is 1.33 bits per heavy atom. The van der Waals surface area contributed by atoms with Gasteiger partial charge in [0.2, 0.25) is 0 Å². The van der Waals surface area contributed by atoms with Crippen molar-refractivity contribution >= 4 is 16.9 Å². The Bertz CT molecular complexity index is 477. The molecule has 1 aliphatic carbocycles. The quantitative estimate of drug-likeness (QED) is 0.501. The molecule has 0 spiro atoms. The highest BCUT2D eigenvalue weighted by Crippen LogP contribution is 2.37. The molecule has 0 amide bonds. The summed E-state index contributed by atoms with van der Waals surface area (Å²) in [5, 5.41) is 10.8. The van der Waals surface area contributed by atoms with Crippen molar-refractivity contribution < 1.29 is 4.92 Å². The van der Waals surface area contributed by atoms with Gasteiger partial charge in [-0.25, -0.2) is 0 Å². The minimum Gasteiger partial charge on any atom is -0.398 e. The van der Waals surface area contributed by atoms with Gasteiger partial charge in [-0.2, -0.15) is 0 Å². The summed E-state index contributed by atoms with van der Waals surface area (Å²) in [4.78, 5) is 10.4. The molecule has 18 heavy (non-hydrogen) atoms. The van der Waals surface area contributed by atoms with E-state index in [1.54, 1.807) is 12.1 Å². The summed E-state index contributed by atoms with van der Waals surface area (Å²) in [6.45, 7) is 4.11. The summed E-state index contributed by atoms with van der Waals surface area (Å²) < 4.78 is 0. The SMILES string of the molecule is C=C(c1cc([N+](=O)[O-])ccc1N)C1CCCCC1. The lowest BCUT2D eigenvalue weighted by Crippen LogP contribution is -2.09. The van der Waals surface area contributed by atoms with Crippen molar-refractivity contribution in [1.82, 2.24) is 0 Å². The maximum Gasteiger partial charge on any atom is 0.270 e. The van der Waals surface area contributed by atoms with Gasteiger partial charge in [0, 0.05) is 23.4 Å². The van der Waals surface area contributed by atoms with E-state index < -0.39 is 4.92 Å². The molecule has 0 aliphatic heterocycles. The molecule has 4 nitrogen and oxygen atoms in total. The Morgan fingerprint density at radius 2 is 2.00 bits per heavy atom. The number of nitrogens with zero attached hydrogens (tertiary/aromatic N) is 1. The molecule has 2 rings (SSSR count). The Kier molecular flexibility index (Phi) is 3.65. The second-order valence-electron chi connectivity index (χ2n) is 4.89. The molecule has 0 saturated heterocycles. The maximum atomic E-state index is 10.8. The van der Waals surface area contributed by atoms with Gasteiger partial charge in [-0.3, -0.25) is 10.1 Å². The van der Waals surface area contributed by atoms with E-state index in [-0.39, 0.29) is 5.69 Å². The number of non-ortho nitro benzene ring substituents is 1. The Balaban J connectivity index is 2.28. The summed E-state index contributed by atoms with van der Waals surface area (Å²) in [5.41, 5.74) is 8.27. The van der Waals surface area contributed by atoms with Crippen molar-refractivity contribution in [2.45, 2.75) is 32.1 Å².